The molecule has 1 N–H and O–H groups in total. The highest BCUT2D eigenvalue weighted by Gasteiger charge is 2.30. The van der Waals surface area contributed by atoms with E-state index in [1.54, 1.807) is 0 Å². The fourth-order valence-electron chi connectivity index (χ4n) is 2.59. The van der Waals surface area contributed by atoms with Crippen molar-refractivity contribution in [3.05, 3.63) is 23.2 Å². The van der Waals surface area contributed by atoms with Gasteiger partial charge in [-0.1, -0.05) is 0 Å². The molecule has 1 fully saturated rings. The summed E-state index contributed by atoms with van der Waals surface area (Å²) in [6, 6.07) is 2.20. The van der Waals surface area contributed by atoms with Crippen LogP contribution < -0.4 is 0 Å². The standard InChI is InChI=1S/C13H16O3/c14-13(15)6-8-1-2-10-7-12(9-3-4-9)16-11(10)5-8/h7-9H,1-6H2,(H,14,15). The molecule has 0 bridgehead atoms. The van der Waals surface area contributed by atoms with Crippen molar-refractivity contribution in [3.63, 3.8) is 0 Å². The van der Waals surface area contributed by atoms with Crippen molar-refractivity contribution < 1.29 is 14.3 Å². The Morgan fingerprint density at radius 3 is 2.94 bits per heavy atom. The number of carboxylic acids is 1. The number of carbonyl (C=O) groups is 1. The normalized spacial score (nSPS) is 24.1. The molecule has 1 heterocycles. The van der Waals surface area contributed by atoms with Crippen LogP contribution in [0.2, 0.25) is 0 Å². The second-order valence-electron chi connectivity index (χ2n) is 5.08. The van der Waals surface area contributed by atoms with Crippen LogP contribution in [0.15, 0.2) is 10.5 Å². The van der Waals surface area contributed by atoms with Gasteiger partial charge in [0.05, 0.1) is 0 Å². The topological polar surface area (TPSA) is 50.4 Å². The summed E-state index contributed by atoms with van der Waals surface area (Å²) in [6.07, 6.45) is 5.58. The van der Waals surface area contributed by atoms with Crippen LogP contribution in [-0.2, 0) is 17.6 Å². The van der Waals surface area contributed by atoms with Crippen LogP contribution in [0, 0.1) is 5.92 Å². The van der Waals surface area contributed by atoms with Gasteiger partial charge in [0.1, 0.15) is 11.5 Å². The molecule has 86 valence electrons. The third kappa shape index (κ3) is 1.86. The monoisotopic (exact) mass is 220 g/mol. The summed E-state index contributed by atoms with van der Waals surface area (Å²) < 4.78 is 5.85. The molecule has 1 atom stereocenters. The van der Waals surface area contributed by atoms with Gasteiger partial charge < -0.3 is 9.52 Å². The number of carboxylic acid groups (broad SMARTS) is 1. The maximum atomic E-state index is 10.7. The molecule has 0 radical (unpaired) electrons. The Hall–Kier alpha value is -1.25. The summed E-state index contributed by atoms with van der Waals surface area (Å²) in [7, 11) is 0. The third-order valence-corrected chi connectivity index (χ3v) is 3.65. The predicted octanol–water partition coefficient (Wildman–Crippen LogP) is 2.74. The van der Waals surface area contributed by atoms with Gasteiger partial charge in [-0.15, -0.1) is 0 Å². The van der Waals surface area contributed by atoms with Crippen LogP contribution in [0.4, 0.5) is 0 Å². The molecule has 1 saturated carbocycles. The van der Waals surface area contributed by atoms with Crippen LogP contribution in [0.25, 0.3) is 0 Å². The fraction of sp³-hybridized carbons (Fsp3) is 0.615. The molecule has 3 nitrogen and oxygen atoms in total. The average molecular weight is 220 g/mol. The van der Waals surface area contributed by atoms with Crippen LogP contribution >= 0.6 is 0 Å². The minimum absolute atomic E-state index is 0.267. The molecule has 3 heteroatoms. The van der Waals surface area contributed by atoms with Crippen molar-refractivity contribution in [2.24, 2.45) is 5.92 Å². The molecule has 1 aromatic heterocycles. The van der Waals surface area contributed by atoms with Gasteiger partial charge in [0.2, 0.25) is 0 Å². The van der Waals surface area contributed by atoms with Gasteiger partial charge in [-0.2, -0.15) is 0 Å². The molecule has 0 aromatic carbocycles. The molecule has 3 rings (SSSR count). The SMILES string of the molecule is O=C(O)CC1CCc2cc(C3CC3)oc2C1. The first-order valence-electron chi connectivity index (χ1n) is 6.05. The van der Waals surface area contributed by atoms with Crippen LogP contribution in [0.5, 0.6) is 0 Å². The summed E-state index contributed by atoms with van der Waals surface area (Å²) in [4.78, 5) is 10.7. The Kier molecular flexibility index (Phi) is 2.27. The van der Waals surface area contributed by atoms with Crippen LogP contribution in [-0.4, -0.2) is 11.1 Å². The third-order valence-electron chi connectivity index (χ3n) is 3.65. The smallest absolute Gasteiger partial charge is 0.303 e. The minimum atomic E-state index is -0.692. The lowest BCUT2D eigenvalue weighted by molar-refractivity contribution is -0.138. The lowest BCUT2D eigenvalue weighted by Crippen LogP contribution is -2.16. The minimum Gasteiger partial charge on any atom is -0.481 e. The molecular formula is C13H16O3. The van der Waals surface area contributed by atoms with E-state index in [0.717, 1.165) is 30.8 Å². The average Bonchev–Trinajstić information content (AvgIpc) is 2.98. The number of fused-ring (bicyclic) bond motifs is 1. The summed E-state index contributed by atoms with van der Waals surface area (Å²) in [5.74, 6) is 2.43. The van der Waals surface area contributed by atoms with Crippen molar-refractivity contribution in [1.82, 2.24) is 0 Å². The maximum absolute atomic E-state index is 10.7. The first-order valence-corrected chi connectivity index (χ1v) is 6.05. The van der Waals surface area contributed by atoms with Gasteiger partial charge in [0, 0.05) is 18.8 Å². The Bertz CT molecular complexity index is 415. The zero-order valence-corrected chi connectivity index (χ0v) is 9.24. The molecular weight excluding hydrogens is 204 g/mol. The molecule has 0 spiro atoms. The van der Waals surface area contributed by atoms with E-state index < -0.39 is 5.97 Å². The Morgan fingerprint density at radius 2 is 2.25 bits per heavy atom. The highest BCUT2D eigenvalue weighted by atomic mass is 16.4. The van der Waals surface area contributed by atoms with Gasteiger partial charge in [-0.05, 0) is 43.2 Å². The van der Waals surface area contributed by atoms with E-state index in [1.165, 1.54) is 18.4 Å². The number of aliphatic carboxylic acids is 1. The number of aryl methyl sites for hydroxylation is 1. The molecule has 0 amide bonds. The molecule has 1 unspecified atom stereocenters. The van der Waals surface area contributed by atoms with E-state index in [-0.39, 0.29) is 12.3 Å². The highest BCUT2D eigenvalue weighted by molar-refractivity contribution is 5.67. The predicted molar refractivity (Wildman–Crippen MR) is 58.5 cm³/mol. The maximum Gasteiger partial charge on any atom is 0.303 e. The lowest BCUT2D eigenvalue weighted by Gasteiger charge is -2.18. The molecule has 2 aliphatic carbocycles. The summed E-state index contributed by atoms with van der Waals surface area (Å²) in [6.45, 7) is 0. The Morgan fingerprint density at radius 1 is 1.44 bits per heavy atom. The van der Waals surface area contributed by atoms with Crippen molar-refractivity contribution in [2.75, 3.05) is 0 Å². The Labute approximate surface area is 94.5 Å². The van der Waals surface area contributed by atoms with E-state index in [9.17, 15) is 4.79 Å². The highest BCUT2D eigenvalue weighted by Crippen LogP contribution is 2.43. The second kappa shape index (κ2) is 3.65. The number of furan rings is 1. The van der Waals surface area contributed by atoms with Crippen LogP contribution in [0.1, 0.15) is 48.7 Å². The molecule has 0 saturated heterocycles. The van der Waals surface area contributed by atoms with E-state index in [2.05, 4.69) is 6.07 Å². The van der Waals surface area contributed by atoms with E-state index in [1.807, 2.05) is 0 Å². The van der Waals surface area contributed by atoms with E-state index in [4.69, 9.17) is 9.52 Å². The summed E-state index contributed by atoms with van der Waals surface area (Å²) in [5.41, 5.74) is 1.32. The van der Waals surface area contributed by atoms with E-state index in [0.29, 0.717) is 5.92 Å². The lowest BCUT2D eigenvalue weighted by atomic mass is 9.86. The largest absolute Gasteiger partial charge is 0.481 e. The Balaban J connectivity index is 1.74. The van der Waals surface area contributed by atoms with Gasteiger partial charge in [0.25, 0.3) is 0 Å². The van der Waals surface area contributed by atoms with Crippen molar-refractivity contribution in [1.29, 1.82) is 0 Å². The van der Waals surface area contributed by atoms with Gasteiger partial charge in [-0.25, -0.2) is 0 Å². The van der Waals surface area contributed by atoms with Gasteiger partial charge >= 0.3 is 5.97 Å². The molecule has 1 aromatic rings. The molecule has 2 aliphatic rings. The number of hydrogen-bond donors (Lipinski definition) is 1. The first kappa shape index (κ1) is 9.94. The van der Waals surface area contributed by atoms with Crippen LogP contribution in [0.3, 0.4) is 0 Å². The summed E-state index contributed by atoms with van der Waals surface area (Å²) >= 11 is 0. The second-order valence-corrected chi connectivity index (χ2v) is 5.08. The van der Waals surface area contributed by atoms with Gasteiger partial charge in [-0.3, -0.25) is 4.79 Å². The van der Waals surface area contributed by atoms with Crippen molar-refractivity contribution in [3.8, 4) is 0 Å². The zero-order valence-electron chi connectivity index (χ0n) is 9.24. The summed E-state index contributed by atoms with van der Waals surface area (Å²) in [5, 5.41) is 8.79. The zero-order chi connectivity index (χ0) is 11.1. The van der Waals surface area contributed by atoms with Gasteiger partial charge in [0.15, 0.2) is 0 Å². The fourth-order valence-corrected chi connectivity index (χ4v) is 2.59. The van der Waals surface area contributed by atoms with Crippen molar-refractivity contribution in [2.45, 2.75) is 44.4 Å². The quantitative estimate of drug-likeness (QED) is 0.852. The van der Waals surface area contributed by atoms with E-state index >= 15 is 0 Å². The number of rotatable bonds is 3. The van der Waals surface area contributed by atoms with Crippen molar-refractivity contribution >= 4 is 5.97 Å². The number of hydrogen-bond acceptors (Lipinski definition) is 2. The molecule has 16 heavy (non-hydrogen) atoms. The first-order chi connectivity index (χ1) is 7.72. The molecule has 0 aliphatic heterocycles.